The van der Waals surface area contributed by atoms with Crippen LogP contribution in [0.1, 0.15) is 26.3 Å². The summed E-state index contributed by atoms with van der Waals surface area (Å²) in [5.41, 5.74) is 1.69. The number of hydrogen-bond donors (Lipinski definition) is 1. The second-order valence-corrected chi connectivity index (χ2v) is 6.68. The van der Waals surface area contributed by atoms with Gasteiger partial charge in [0.1, 0.15) is 0 Å². The van der Waals surface area contributed by atoms with Crippen LogP contribution in [0.2, 0.25) is 0 Å². The summed E-state index contributed by atoms with van der Waals surface area (Å²) < 4.78 is 16.6. The lowest BCUT2D eigenvalue weighted by Crippen LogP contribution is -2.28. The Hall–Kier alpha value is -2.47. The minimum atomic E-state index is -1.05. The highest BCUT2D eigenvalue weighted by atomic mass is 32.2. The van der Waals surface area contributed by atoms with E-state index in [1.807, 2.05) is 30.3 Å². The third-order valence-corrected chi connectivity index (χ3v) is 4.65. The topological polar surface area (TPSA) is 72.5 Å². The van der Waals surface area contributed by atoms with Crippen molar-refractivity contribution in [1.29, 1.82) is 0 Å². The molecular weight excluding hydrogens is 326 g/mol. The predicted molar refractivity (Wildman–Crippen MR) is 93.3 cm³/mol. The van der Waals surface area contributed by atoms with Gasteiger partial charge in [0.25, 0.3) is 5.91 Å². The van der Waals surface area contributed by atoms with Crippen molar-refractivity contribution in [3.63, 3.8) is 0 Å². The van der Waals surface area contributed by atoms with E-state index in [9.17, 15) is 13.8 Å². The molecule has 6 heteroatoms. The number of benzene rings is 2. The molecule has 24 heavy (non-hydrogen) atoms. The van der Waals surface area contributed by atoms with E-state index in [4.69, 9.17) is 0 Å². The van der Waals surface area contributed by atoms with Crippen LogP contribution >= 0.6 is 0 Å². The first kappa shape index (κ1) is 17.9. The Labute approximate surface area is 143 Å². The number of esters is 1. The fraction of sp³-hybridized carbons (Fsp3) is 0.222. The highest BCUT2D eigenvalue weighted by Crippen LogP contribution is 2.07. The van der Waals surface area contributed by atoms with Crippen molar-refractivity contribution in [1.82, 2.24) is 5.32 Å². The van der Waals surface area contributed by atoms with Crippen molar-refractivity contribution >= 4 is 22.7 Å². The Balaban J connectivity index is 1.83. The number of carbonyl (C=O) groups excluding carboxylic acids is 2. The zero-order valence-corrected chi connectivity index (χ0v) is 14.2. The molecule has 0 fully saturated rings. The van der Waals surface area contributed by atoms with Crippen LogP contribution in [0.25, 0.3) is 0 Å². The quantitative estimate of drug-likeness (QED) is 0.781. The molecule has 0 saturated heterocycles. The lowest BCUT2D eigenvalue weighted by molar-refractivity contribution is 0.0600. The molecule has 5 nitrogen and oxygen atoms in total. The van der Waals surface area contributed by atoms with Gasteiger partial charge in [-0.2, -0.15) is 0 Å². The van der Waals surface area contributed by atoms with Gasteiger partial charge in [0.05, 0.1) is 12.7 Å². The van der Waals surface area contributed by atoms with E-state index in [2.05, 4.69) is 10.1 Å². The largest absolute Gasteiger partial charge is 0.465 e. The van der Waals surface area contributed by atoms with E-state index in [-0.39, 0.29) is 5.91 Å². The Morgan fingerprint density at radius 2 is 1.75 bits per heavy atom. The van der Waals surface area contributed by atoms with Crippen molar-refractivity contribution in [2.45, 2.75) is 5.75 Å². The maximum atomic E-state index is 12.1. The smallest absolute Gasteiger partial charge is 0.337 e. The summed E-state index contributed by atoms with van der Waals surface area (Å²) in [5, 5.41) is 2.72. The fourth-order valence-corrected chi connectivity index (χ4v) is 3.16. The SMILES string of the molecule is COC(=O)c1cccc(C(=O)NCC[S@](=O)Cc2ccccc2)c1. The van der Waals surface area contributed by atoms with E-state index < -0.39 is 16.8 Å². The molecule has 0 aromatic heterocycles. The molecule has 2 aromatic carbocycles. The molecule has 0 spiro atoms. The van der Waals surface area contributed by atoms with Crippen molar-refractivity contribution in [3.8, 4) is 0 Å². The van der Waals surface area contributed by atoms with Crippen molar-refractivity contribution in [2.75, 3.05) is 19.4 Å². The van der Waals surface area contributed by atoms with Crippen LogP contribution in [0.3, 0.4) is 0 Å². The monoisotopic (exact) mass is 345 g/mol. The van der Waals surface area contributed by atoms with Gasteiger partial charge in [0.15, 0.2) is 0 Å². The van der Waals surface area contributed by atoms with Crippen LogP contribution in [0.4, 0.5) is 0 Å². The lowest BCUT2D eigenvalue weighted by atomic mass is 10.1. The van der Waals surface area contributed by atoms with Gasteiger partial charge in [-0.3, -0.25) is 9.00 Å². The lowest BCUT2D eigenvalue weighted by Gasteiger charge is -2.07. The maximum Gasteiger partial charge on any atom is 0.337 e. The zero-order chi connectivity index (χ0) is 17.4. The minimum absolute atomic E-state index is 0.306. The molecule has 0 bridgehead atoms. The summed E-state index contributed by atoms with van der Waals surface area (Å²) in [5.74, 6) is 0.0392. The molecule has 1 amide bonds. The van der Waals surface area contributed by atoms with Gasteiger partial charge in [-0.05, 0) is 23.8 Å². The number of ether oxygens (including phenoxy) is 1. The first-order chi connectivity index (χ1) is 11.6. The first-order valence-corrected chi connectivity index (χ1v) is 8.94. The van der Waals surface area contributed by atoms with Crippen LogP contribution in [0, 0.1) is 0 Å². The number of carbonyl (C=O) groups is 2. The van der Waals surface area contributed by atoms with Crippen molar-refractivity contribution < 1.29 is 18.5 Å². The molecule has 126 valence electrons. The Kier molecular flexibility index (Phi) is 6.69. The third-order valence-electron chi connectivity index (χ3n) is 3.33. The molecule has 0 aliphatic rings. The molecule has 1 atom stereocenters. The van der Waals surface area contributed by atoms with Crippen LogP contribution < -0.4 is 5.32 Å². The molecule has 0 aliphatic heterocycles. The number of rotatable bonds is 7. The molecule has 0 saturated carbocycles. The number of methoxy groups -OCH3 is 1. The summed E-state index contributed by atoms with van der Waals surface area (Å²) in [4.78, 5) is 23.6. The van der Waals surface area contributed by atoms with Gasteiger partial charge in [-0.1, -0.05) is 36.4 Å². The van der Waals surface area contributed by atoms with Gasteiger partial charge in [-0.15, -0.1) is 0 Å². The summed E-state index contributed by atoms with van der Waals surface area (Å²) in [6.07, 6.45) is 0. The van der Waals surface area contributed by atoms with E-state index in [0.717, 1.165) is 5.56 Å². The van der Waals surface area contributed by atoms with Gasteiger partial charge in [0, 0.05) is 34.4 Å². The molecule has 1 N–H and O–H groups in total. The number of nitrogens with one attached hydrogen (secondary N) is 1. The van der Waals surface area contributed by atoms with Gasteiger partial charge < -0.3 is 10.1 Å². The normalized spacial score (nSPS) is 11.5. The zero-order valence-electron chi connectivity index (χ0n) is 13.4. The average molecular weight is 345 g/mol. The number of amides is 1. The standard InChI is InChI=1S/C18H19NO4S/c1-23-18(21)16-9-5-8-15(12-16)17(20)19-10-11-24(22)13-14-6-3-2-4-7-14/h2-9,12H,10-11,13H2,1H3,(H,19,20)/t24-/m0/s1. The first-order valence-electron chi connectivity index (χ1n) is 7.45. The summed E-state index contributed by atoms with van der Waals surface area (Å²) in [6, 6.07) is 15.9. The summed E-state index contributed by atoms with van der Waals surface area (Å²) >= 11 is 0. The van der Waals surface area contributed by atoms with Crippen LogP contribution in [0.15, 0.2) is 54.6 Å². The van der Waals surface area contributed by atoms with Crippen LogP contribution in [-0.2, 0) is 21.3 Å². The third kappa shape index (κ3) is 5.31. The Bertz CT molecular complexity index is 731. The van der Waals surface area contributed by atoms with Crippen molar-refractivity contribution in [2.24, 2.45) is 0 Å². The van der Waals surface area contributed by atoms with Gasteiger partial charge >= 0.3 is 5.97 Å². The highest BCUT2D eigenvalue weighted by molar-refractivity contribution is 7.84. The molecule has 0 heterocycles. The van der Waals surface area contributed by atoms with Crippen molar-refractivity contribution in [3.05, 3.63) is 71.3 Å². The van der Waals surface area contributed by atoms with E-state index in [0.29, 0.717) is 29.2 Å². The van der Waals surface area contributed by atoms with Crippen LogP contribution in [-0.4, -0.2) is 35.5 Å². The van der Waals surface area contributed by atoms with E-state index in [1.165, 1.54) is 13.2 Å². The fourth-order valence-electron chi connectivity index (χ4n) is 2.12. The molecule has 0 aliphatic carbocycles. The molecule has 0 unspecified atom stereocenters. The maximum absolute atomic E-state index is 12.1. The highest BCUT2D eigenvalue weighted by Gasteiger charge is 2.10. The van der Waals surface area contributed by atoms with Crippen LogP contribution in [0.5, 0.6) is 0 Å². The number of hydrogen-bond acceptors (Lipinski definition) is 4. The Morgan fingerprint density at radius 3 is 2.46 bits per heavy atom. The minimum Gasteiger partial charge on any atom is -0.465 e. The van der Waals surface area contributed by atoms with E-state index in [1.54, 1.807) is 18.2 Å². The Morgan fingerprint density at radius 1 is 1.04 bits per heavy atom. The van der Waals surface area contributed by atoms with E-state index >= 15 is 0 Å². The second-order valence-electron chi connectivity index (χ2n) is 5.10. The van der Waals surface area contributed by atoms with Gasteiger partial charge in [-0.25, -0.2) is 4.79 Å². The molecule has 2 aromatic rings. The molecule has 2 rings (SSSR count). The average Bonchev–Trinajstić information content (AvgIpc) is 2.61. The molecular formula is C18H19NO4S. The summed E-state index contributed by atoms with van der Waals surface area (Å²) in [6.45, 7) is 0.306. The second kappa shape index (κ2) is 8.98. The van der Waals surface area contributed by atoms with Gasteiger partial charge in [0.2, 0.25) is 0 Å². The predicted octanol–water partition coefficient (Wildman–Crippen LogP) is 2.15. The molecule has 0 radical (unpaired) electrons. The summed E-state index contributed by atoms with van der Waals surface area (Å²) in [7, 11) is 0.243.